The van der Waals surface area contributed by atoms with Gasteiger partial charge in [-0.25, -0.2) is 9.97 Å². The highest BCUT2D eigenvalue weighted by Crippen LogP contribution is 2.62. The quantitative estimate of drug-likeness (QED) is 0.202. The number of hydrogen-bond donors (Lipinski definition) is 0. The number of hydrogen-bond acceptors (Lipinski definition) is 7. The lowest BCUT2D eigenvalue weighted by molar-refractivity contribution is 0.577. The summed E-state index contributed by atoms with van der Waals surface area (Å²) in [7, 11) is -0.683. The zero-order valence-electron chi connectivity index (χ0n) is 23.7. The van der Waals surface area contributed by atoms with Gasteiger partial charge in [-0.1, -0.05) is 54.6 Å². The van der Waals surface area contributed by atoms with Gasteiger partial charge in [-0.3, -0.25) is 0 Å². The molecule has 0 unspecified atom stereocenters. The van der Waals surface area contributed by atoms with Crippen molar-refractivity contribution in [2.24, 2.45) is 0 Å². The van der Waals surface area contributed by atoms with Crippen molar-refractivity contribution < 1.29 is 9.31 Å². The number of aromatic nitrogens is 2. The summed E-state index contributed by atoms with van der Waals surface area (Å²) in [5, 5.41) is 3.24. The van der Waals surface area contributed by atoms with Gasteiger partial charge in [-0.2, -0.15) is 0 Å². The molecule has 0 aliphatic carbocycles. The number of nitrogens with zero attached hydrogens (tertiary/aromatic N) is 5. The van der Waals surface area contributed by atoms with Crippen LogP contribution in [0.1, 0.15) is 0 Å². The molecule has 0 fully saturated rings. The predicted octanol–water partition coefficient (Wildman–Crippen LogP) is 6.71. The molecule has 0 saturated heterocycles. The monoisotopic (exact) mass is 575 g/mol. The van der Waals surface area contributed by atoms with Gasteiger partial charge in [0.25, 0.3) is 0 Å². The van der Waals surface area contributed by atoms with E-state index in [4.69, 9.17) is 9.31 Å². The van der Waals surface area contributed by atoms with Crippen molar-refractivity contribution in [2.45, 2.75) is 0 Å². The summed E-state index contributed by atoms with van der Waals surface area (Å²) in [5.74, 6) is 1.71. The van der Waals surface area contributed by atoms with Gasteiger partial charge in [0, 0.05) is 46.0 Å². The maximum Gasteiger partial charge on any atom is 0.525 e. The van der Waals surface area contributed by atoms with Crippen LogP contribution in [-0.4, -0.2) is 24.1 Å². The SMILES string of the molecule is c1ccc(N2c3ccc4c5c3N3B(Oc6cccc7ccc2c3c67)c2cccc(c2-5)N2B4Oc3ccnc4nccc2c34)cc1. The van der Waals surface area contributed by atoms with E-state index in [-0.39, 0.29) is 14.1 Å². The van der Waals surface area contributed by atoms with Gasteiger partial charge < -0.3 is 23.8 Å². The number of anilines is 7. The normalized spacial score (nSPS) is 15.2. The van der Waals surface area contributed by atoms with Crippen LogP contribution in [0.5, 0.6) is 11.5 Å². The molecule has 0 saturated carbocycles. The first-order valence-electron chi connectivity index (χ1n) is 15.2. The van der Waals surface area contributed by atoms with Crippen molar-refractivity contribution in [3.05, 3.63) is 116 Å². The van der Waals surface area contributed by atoms with Gasteiger partial charge in [0.2, 0.25) is 0 Å². The number of fused-ring (bicyclic) bond motifs is 5. The number of benzene rings is 5. The van der Waals surface area contributed by atoms with E-state index in [9.17, 15) is 0 Å². The van der Waals surface area contributed by atoms with Crippen molar-refractivity contribution in [3.8, 4) is 22.6 Å². The molecule has 0 spiro atoms. The standard InChI is InChI=1S/C36H19B2N5O2/c1-2-7-21(8-3-1)41-26-14-12-20-6-4-11-28-30(20)34(26)43-35-27(41)15-13-23-32(35)31-22(38(43)44-28)9-5-10-24(31)42-25-16-18-39-36-33(25)29(17-19-40-36)45-37(23)42/h1-19H. The molecule has 45 heavy (non-hydrogen) atoms. The van der Waals surface area contributed by atoms with Crippen LogP contribution in [0.25, 0.3) is 32.9 Å². The fourth-order valence-corrected chi connectivity index (χ4v) is 8.36. The third-order valence-corrected chi connectivity index (χ3v) is 10.0. The molecule has 7 heterocycles. The van der Waals surface area contributed by atoms with Crippen molar-refractivity contribution in [1.82, 2.24) is 9.97 Å². The van der Waals surface area contributed by atoms with Crippen LogP contribution in [0.15, 0.2) is 116 Å². The molecule has 5 aliphatic rings. The van der Waals surface area contributed by atoms with Gasteiger partial charge in [-0.05, 0) is 64.8 Å². The van der Waals surface area contributed by atoms with Crippen LogP contribution < -0.4 is 34.8 Å². The average molecular weight is 575 g/mol. The van der Waals surface area contributed by atoms with Crippen LogP contribution in [0.3, 0.4) is 0 Å². The molecule has 0 bridgehead atoms. The van der Waals surface area contributed by atoms with Gasteiger partial charge >= 0.3 is 14.1 Å². The Balaban J connectivity index is 1.24. The molecule has 7 aromatic rings. The van der Waals surface area contributed by atoms with E-state index in [1.165, 1.54) is 22.2 Å². The molecule has 0 amide bonds. The van der Waals surface area contributed by atoms with Crippen LogP contribution in [0.4, 0.5) is 39.8 Å². The summed E-state index contributed by atoms with van der Waals surface area (Å²) in [5.41, 5.74) is 13.2. The first-order valence-corrected chi connectivity index (χ1v) is 15.2. The Hall–Kier alpha value is -5.95. The van der Waals surface area contributed by atoms with Gasteiger partial charge in [-0.15, -0.1) is 0 Å². The van der Waals surface area contributed by atoms with Crippen molar-refractivity contribution in [3.63, 3.8) is 0 Å². The van der Waals surface area contributed by atoms with Crippen LogP contribution in [0.2, 0.25) is 0 Å². The Morgan fingerprint density at radius 1 is 0.511 bits per heavy atom. The molecule has 2 aromatic heterocycles. The minimum atomic E-state index is -0.356. The molecule has 0 N–H and O–H groups in total. The Kier molecular flexibility index (Phi) is 3.80. The molecule has 206 valence electrons. The maximum absolute atomic E-state index is 7.02. The summed E-state index contributed by atoms with van der Waals surface area (Å²) in [4.78, 5) is 16.3. The van der Waals surface area contributed by atoms with Crippen molar-refractivity contribution >= 4 is 86.6 Å². The Morgan fingerprint density at radius 3 is 2.18 bits per heavy atom. The molecule has 12 rings (SSSR count). The maximum atomic E-state index is 7.02. The Morgan fingerprint density at radius 2 is 1.27 bits per heavy atom. The molecule has 7 nitrogen and oxygen atoms in total. The topological polar surface area (TPSA) is 54.0 Å². The lowest BCUT2D eigenvalue weighted by Gasteiger charge is -2.51. The predicted molar refractivity (Wildman–Crippen MR) is 180 cm³/mol. The summed E-state index contributed by atoms with van der Waals surface area (Å²) >= 11 is 0. The average Bonchev–Trinajstić information content (AvgIpc) is 3.10. The van der Waals surface area contributed by atoms with E-state index in [1.807, 2.05) is 12.3 Å². The summed E-state index contributed by atoms with van der Waals surface area (Å²) in [6, 6.07) is 36.7. The van der Waals surface area contributed by atoms with Crippen molar-refractivity contribution in [1.29, 1.82) is 0 Å². The Bertz CT molecular complexity index is 2500. The highest BCUT2D eigenvalue weighted by atomic mass is 16.5. The number of rotatable bonds is 1. The zero-order chi connectivity index (χ0) is 29.0. The highest BCUT2D eigenvalue weighted by Gasteiger charge is 2.54. The summed E-state index contributed by atoms with van der Waals surface area (Å²) in [6.07, 6.45) is 3.63. The first kappa shape index (κ1) is 22.6. The van der Waals surface area contributed by atoms with Crippen LogP contribution in [-0.2, 0) is 0 Å². The minimum absolute atomic E-state index is 0.327. The summed E-state index contributed by atoms with van der Waals surface area (Å²) in [6.45, 7) is 0. The fourth-order valence-electron chi connectivity index (χ4n) is 8.36. The number of pyridine rings is 2. The Labute approximate surface area is 258 Å². The third kappa shape index (κ3) is 2.52. The molecule has 9 heteroatoms. The van der Waals surface area contributed by atoms with E-state index < -0.39 is 0 Å². The molecular formula is C36H19B2N5O2. The summed E-state index contributed by atoms with van der Waals surface area (Å²) < 4.78 is 13.9. The lowest BCUT2D eigenvalue weighted by atomic mass is 9.55. The smallest absolute Gasteiger partial charge is 0.525 e. The molecular weight excluding hydrogens is 556 g/mol. The fraction of sp³-hybridized carbons (Fsp3) is 0. The van der Waals surface area contributed by atoms with Crippen LogP contribution in [0, 0.1) is 0 Å². The van der Waals surface area contributed by atoms with E-state index >= 15 is 0 Å². The number of para-hydroxylation sites is 1. The van der Waals surface area contributed by atoms with Crippen LogP contribution >= 0.6 is 0 Å². The second-order valence-electron chi connectivity index (χ2n) is 12.1. The van der Waals surface area contributed by atoms with E-state index in [2.05, 4.69) is 122 Å². The lowest BCUT2D eigenvalue weighted by Crippen LogP contribution is -2.62. The first-order chi connectivity index (χ1) is 22.3. The van der Waals surface area contributed by atoms with Crippen molar-refractivity contribution in [2.75, 3.05) is 14.5 Å². The molecule has 5 aromatic carbocycles. The second kappa shape index (κ2) is 7.57. The highest BCUT2D eigenvalue weighted by molar-refractivity contribution is 6.82. The van der Waals surface area contributed by atoms with Gasteiger partial charge in [0.1, 0.15) is 11.5 Å². The molecule has 0 radical (unpaired) electrons. The van der Waals surface area contributed by atoms with E-state index in [0.717, 1.165) is 67.3 Å². The van der Waals surface area contributed by atoms with Gasteiger partial charge in [0.15, 0.2) is 5.65 Å². The minimum Gasteiger partial charge on any atom is -0.537 e. The van der Waals surface area contributed by atoms with E-state index in [0.29, 0.717) is 5.65 Å². The largest absolute Gasteiger partial charge is 0.537 e. The molecule has 5 aliphatic heterocycles. The van der Waals surface area contributed by atoms with E-state index in [1.54, 1.807) is 6.20 Å². The second-order valence-corrected chi connectivity index (χ2v) is 12.1. The van der Waals surface area contributed by atoms with Gasteiger partial charge in [0.05, 0.1) is 28.1 Å². The zero-order valence-corrected chi connectivity index (χ0v) is 23.7. The molecule has 0 atom stereocenters. The third-order valence-electron chi connectivity index (χ3n) is 10.0.